The SMILES string of the molecule is CC1(C)c2ccccc2-c2ccc(N(c3ccc(-c4ccccc4)cc3)c3ccc(-c4ccc5c(c4)-c4ccccc4C54c5ccccc5-c5ccccc54)c4ccccc34)cc21. The molecule has 1 nitrogen and oxygen atoms in total. The Morgan fingerprint density at radius 3 is 1.41 bits per heavy atom. The topological polar surface area (TPSA) is 3.24 Å². The molecule has 10 aromatic rings. The molecule has 0 fully saturated rings. The van der Waals surface area contributed by atoms with E-state index in [2.05, 4.69) is 243 Å². The molecule has 0 heterocycles. The van der Waals surface area contributed by atoms with E-state index in [4.69, 9.17) is 0 Å². The standard InChI is InChI=1S/C62H43N/c1-61(2)54-24-12-8-19-47(54)51-34-33-44(39-59(51)61)63(43-31-28-41(29-32-43)40-16-4-3-5-17-40)60-37-35-45(46-18-6-7-23-52(46)60)42-30-36-58-53(38-42)50-22-11-15-27-57(50)62(58)55-25-13-9-20-48(55)49-21-10-14-26-56(49)62/h3-39H,1-2H3. The predicted octanol–water partition coefficient (Wildman–Crippen LogP) is 16.3. The molecule has 3 aliphatic rings. The molecule has 0 atom stereocenters. The predicted molar refractivity (Wildman–Crippen MR) is 263 cm³/mol. The Bertz CT molecular complexity index is 3440. The van der Waals surface area contributed by atoms with Crippen LogP contribution in [0.5, 0.6) is 0 Å². The zero-order chi connectivity index (χ0) is 41.9. The number of anilines is 3. The van der Waals surface area contributed by atoms with Crippen LogP contribution in [0.1, 0.15) is 47.2 Å². The molecule has 0 aliphatic heterocycles. The zero-order valence-electron chi connectivity index (χ0n) is 35.3. The van der Waals surface area contributed by atoms with Gasteiger partial charge in [-0.15, -0.1) is 0 Å². The van der Waals surface area contributed by atoms with Crippen molar-refractivity contribution in [3.63, 3.8) is 0 Å². The molecule has 13 rings (SSSR count). The summed E-state index contributed by atoms with van der Waals surface area (Å²) < 4.78 is 0. The highest BCUT2D eigenvalue weighted by Crippen LogP contribution is 2.63. The van der Waals surface area contributed by atoms with Gasteiger partial charge in [-0.3, -0.25) is 0 Å². The lowest BCUT2D eigenvalue weighted by Crippen LogP contribution is -2.25. The second-order valence-electron chi connectivity index (χ2n) is 18.0. The monoisotopic (exact) mass is 801 g/mol. The number of benzene rings is 10. The third kappa shape index (κ3) is 4.99. The molecule has 296 valence electrons. The summed E-state index contributed by atoms with van der Waals surface area (Å²) in [6, 6.07) is 83.9. The Balaban J connectivity index is 0.989. The fourth-order valence-electron chi connectivity index (χ4n) is 11.7. The first-order chi connectivity index (χ1) is 31.0. The van der Waals surface area contributed by atoms with Crippen LogP contribution >= 0.6 is 0 Å². The van der Waals surface area contributed by atoms with Gasteiger partial charge in [0.2, 0.25) is 0 Å². The number of hydrogen-bond donors (Lipinski definition) is 0. The summed E-state index contributed by atoms with van der Waals surface area (Å²) in [5.74, 6) is 0. The summed E-state index contributed by atoms with van der Waals surface area (Å²) in [5.41, 5.74) is 24.0. The minimum Gasteiger partial charge on any atom is -0.310 e. The Hall–Kier alpha value is -7.74. The van der Waals surface area contributed by atoms with E-state index < -0.39 is 0 Å². The molecule has 0 radical (unpaired) electrons. The first-order valence-electron chi connectivity index (χ1n) is 22.2. The van der Waals surface area contributed by atoms with Crippen LogP contribution in [0.2, 0.25) is 0 Å². The number of fused-ring (bicyclic) bond motifs is 14. The van der Waals surface area contributed by atoms with Crippen LogP contribution in [0, 0.1) is 0 Å². The summed E-state index contributed by atoms with van der Waals surface area (Å²) in [6.07, 6.45) is 0. The van der Waals surface area contributed by atoms with Crippen molar-refractivity contribution in [2.24, 2.45) is 0 Å². The molecule has 0 amide bonds. The largest absolute Gasteiger partial charge is 0.310 e. The van der Waals surface area contributed by atoms with Crippen molar-refractivity contribution in [1.82, 2.24) is 0 Å². The van der Waals surface area contributed by atoms with Crippen molar-refractivity contribution in [1.29, 1.82) is 0 Å². The summed E-state index contributed by atoms with van der Waals surface area (Å²) >= 11 is 0. The van der Waals surface area contributed by atoms with Gasteiger partial charge in [-0.1, -0.05) is 202 Å². The molecule has 0 bridgehead atoms. The van der Waals surface area contributed by atoms with Crippen LogP contribution in [0.4, 0.5) is 17.1 Å². The average molecular weight is 802 g/mol. The maximum atomic E-state index is 2.47. The highest BCUT2D eigenvalue weighted by Gasteiger charge is 2.51. The van der Waals surface area contributed by atoms with Crippen molar-refractivity contribution < 1.29 is 0 Å². The van der Waals surface area contributed by atoms with E-state index in [0.29, 0.717) is 0 Å². The van der Waals surface area contributed by atoms with Crippen LogP contribution < -0.4 is 4.90 Å². The van der Waals surface area contributed by atoms with Crippen molar-refractivity contribution in [3.05, 3.63) is 258 Å². The van der Waals surface area contributed by atoms with Gasteiger partial charge in [0, 0.05) is 22.2 Å². The Morgan fingerprint density at radius 2 is 0.746 bits per heavy atom. The van der Waals surface area contributed by atoms with Gasteiger partial charge in [-0.2, -0.15) is 0 Å². The number of nitrogens with zero attached hydrogens (tertiary/aromatic N) is 1. The van der Waals surface area contributed by atoms with Gasteiger partial charge >= 0.3 is 0 Å². The lowest BCUT2D eigenvalue weighted by Gasteiger charge is -2.30. The van der Waals surface area contributed by atoms with Crippen molar-refractivity contribution in [3.8, 4) is 55.6 Å². The van der Waals surface area contributed by atoms with Crippen LogP contribution in [-0.4, -0.2) is 0 Å². The van der Waals surface area contributed by atoms with Crippen molar-refractivity contribution in [2.75, 3.05) is 4.90 Å². The molecule has 63 heavy (non-hydrogen) atoms. The minimum absolute atomic E-state index is 0.121. The second kappa shape index (κ2) is 13.4. The highest BCUT2D eigenvalue weighted by atomic mass is 15.1. The first kappa shape index (κ1) is 36.0. The Kier molecular flexibility index (Phi) is 7.64. The van der Waals surface area contributed by atoms with Crippen LogP contribution in [0.25, 0.3) is 66.4 Å². The molecule has 0 unspecified atom stereocenters. The van der Waals surface area contributed by atoms with Gasteiger partial charge in [-0.05, 0) is 131 Å². The maximum absolute atomic E-state index is 2.47. The molecule has 10 aromatic carbocycles. The van der Waals surface area contributed by atoms with Crippen LogP contribution in [-0.2, 0) is 10.8 Å². The maximum Gasteiger partial charge on any atom is 0.0725 e. The van der Waals surface area contributed by atoms with Crippen molar-refractivity contribution in [2.45, 2.75) is 24.7 Å². The van der Waals surface area contributed by atoms with E-state index in [1.165, 1.54) is 99.8 Å². The Labute approximate surface area is 369 Å². The van der Waals surface area contributed by atoms with E-state index >= 15 is 0 Å². The fraction of sp³-hybridized carbons (Fsp3) is 0.0645. The van der Waals surface area contributed by atoms with E-state index in [-0.39, 0.29) is 10.8 Å². The second-order valence-corrected chi connectivity index (χ2v) is 18.0. The third-order valence-electron chi connectivity index (χ3n) is 14.5. The molecular weight excluding hydrogens is 759 g/mol. The van der Waals surface area contributed by atoms with Crippen molar-refractivity contribution >= 4 is 27.8 Å². The lowest BCUT2D eigenvalue weighted by atomic mass is 9.70. The lowest BCUT2D eigenvalue weighted by molar-refractivity contribution is 0.660. The quantitative estimate of drug-likeness (QED) is 0.168. The number of hydrogen-bond acceptors (Lipinski definition) is 1. The summed E-state index contributed by atoms with van der Waals surface area (Å²) in [4.78, 5) is 2.47. The molecule has 1 heteroatoms. The Morgan fingerprint density at radius 1 is 0.286 bits per heavy atom. The zero-order valence-corrected chi connectivity index (χ0v) is 35.3. The minimum atomic E-state index is -0.355. The van der Waals surface area contributed by atoms with Gasteiger partial charge in [0.15, 0.2) is 0 Å². The molecular formula is C62H43N. The summed E-state index contributed by atoms with van der Waals surface area (Å²) in [5, 5.41) is 2.44. The summed E-state index contributed by atoms with van der Waals surface area (Å²) in [7, 11) is 0. The molecule has 3 aliphatic carbocycles. The first-order valence-corrected chi connectivity index (χ1v) is 22.2. The molecule has 0 saturated carbocycles. The van der Waals surface area contributed by atoms with Gasteiger partial charge in [-0.25, -0.2) is 0 Å². The molecule has 0 N–H and O–H groups in total. The van der Waals surface area contributed by atoms with Gasteiger partial charge in [0.1, 0.15) is 0 Å². The number of rotatable bonds is 5. The fourth-order valence-corrected chi connectivity index (χ4v) is 11.7. The van der Waals surface area contributed by atoms with E-state index in [9.17, 15) is 0 Å². The van der Waals surface area contributed by atoms with E-state index in [1.807, 2.05) is 0 Å². The molecule has 0 saturated heterocycles. The average Bonchev–Trinajstić information content (AvgIpc) is 3.90. The van der Waals surface area contributed by atoms with E-state index in [1.54, 1.807) is 0 Å². The van der Waals surface area contributed by atoms with Gasteiger partial charge in [0.25, 0.3) is 0 Å². The van der Waals surface area contributed by atoms with Crippen LogP contribution in [0.15, 0.2) is 224 Å². The highest BCUT2D eigenvalue weighted by molar-refractivity contribution is 6.07. The summed E-state index contributed by atoms with van der Waals surface area (Å²) in [6.45, 7) is 4.73. The van der Waals surface area contributed by atoms with E-state index in [0.717, 1.165) is 17.1 Å². The molecule has 1 spiro atoms. The van der Waals surface area contributed by atoms with Crippen LogP contribution in [0.3, 0.4) is 0 Å². The van der Waals surface area contributed by atoms with Gasteiger partial charge < -0.3 is 4.90 Å². The third-order valence-corrected chi connectivity index (χ3v) is 14.5. The molecule has 0 aromatic heterocycles. The van der Waals surface area contributed by atoms with Gasteiger partial charge in [0.05, 0.1) is 11.1 Å². The normalized spacial score (nSPS) is 14.1. The smallest absolute Gasteiger partial charge is 0.0725 e.